The summed E-state index contributed by atoms with van der Waals surface area (Å²) in [6.45, 7) is 1.99. The molecule has 0 aliphatic rings. The molecule has 0 saturated heterocycles. The van der Waals surface area contributed by atoms with Crippen molar-refractivity contribution in [3.63, 3.8) is 0 Å². The van der Waals surface area contributed by atoms with Gasteiger partial charge in [-0.2, -0.15) is 5.26 Å². The number of nitrogen functional groups attached to an aromatic ring is 1. The molecule has 0 unspecified atom stereocenters. The first-order valence-electron chi connectivity index (χ1n) is 5.05. The summed E-state index contributed by atoms with van der Waals surface area (Å²) in [6, 6.07) is 11.3. The van der Waals surface area contributed by atoms with E-state index in [0.717, 1.165) is 11.1 Å². The highest BCUT2D eigenvalue weighted by molar-refractivity contribution is 6.33. The highest BCUT2D eigenvalue weighted by atomic mass is 35.5. The van der Waals surface area contributed by atoms with E-state index >= 15 is 0 Å². The summed E-state index contributed by atoms with van der Waals surface area (Å²) in [6.07, 6.45) is 0. The van der Waals surface area contributed by atoms with E-state index < -0.39 is 0 Å². The van der Waals surface area contributed by atoms with Crippen LogP contribution in [0.2, 0.25) is 5.02 Å². The molecule has 0 aliphatic heterocycles. The maximum absolute atomic E-state index is 8.82. The van der Waals surface area contributed by atoms with Crippen LogP contribution >= 0.6 is 11.6 Å². The van der Waals surface area contributed by atoms with Crippen molar-refractivity contribution in [2.75, 3.05) is 5.73 Å². The lowest BCUT2D eigenvalue weighted by atomic mass is 10.1. The van der Waals surface area contributed by atoms with Crippen LogP contribution in [-0.2, 0) is 0 Å². The van der Waals surface area contributed by atoms with Crippen LogP contribution in [0.5, 0.6) is 0 Å². The second-order valence-corrected chi connectivity index (χ2v) is 4.14. The third-order valence-corrected chi connectivity index (χ3v) is 2.71. The summed E-state index contributed by atoms with van der Waals surface area (Å²) >= 11 is 6.10. The van der Waals surface area contributed by atoms with Gasteiger partial charge in [0.15, 0.2) is 0 Å². The predicted molar refractivity (Wildman–Crippen MR) is 68.5 cm³/mol. The summed E-state index contributed by atoms with van der Waals surface area (Å²) in [5.74, 6) is 0.202. The van der Waals surface area contributed by atoms with Gasteiger partial charge in [0.1, 0.15) is 11.9 Å². The van der Waals surface area contributed by atoms with Crippen LogP contribution in [0, 0.1) is 18.3 Å². The molecule has 1 aromatic heterocycles. The largest absolute Gasteiger partial charge is 0.383 e. The Morgan fingerprint density at radius 1 is 1.35 bits per heavy atom. The standard InChI is InChI=1S/C13H10ClN3/c1-8-3-2-4-9(5-8)12-11(14)6-10(7-15)13(16)17-12/h2-6H,1H3,(H2,16,17). The van der Waals surface area contributed by atoms with Crippen LogP contribution in [-0.4, -0.2) is 4.98 Å². The number of anilines is 1. The lowest BCUT2D eigenvalue weighted by Crippen LogP contribution is -1.97. The average Bonchev–Trinajstić information content (AvgIpc) is 2.31. The van der Waals surface area contributed by atoms with Gasteiger partial charge in [0.05, 0.1) is 16.3 Å². The number of nitrogens with zero attached hydrogens (tertiary/aromatic N) is 2. The van der Waals surface area contributed by atoms with E-state index in [2.05, 4.69) is 4.98 Å². The maximum Gasteiger partial charge on any atom is 0.142 e. The molecule has 0 spiro atoms. The van der Waals surface area contributed by atoms with Gasteiger partial charge in [-0.25, -0.2) is 4.98 Å². The molecule has 0 atom stereocenters. The van der Waals surface area contributed by atoms with Crippen molar-refractivity contribution in [1.29, 1.82) is 5.26 Å². The average molecular weight is 244 g/mol. The van der Waals surface area contributed by atoms with E-state index in [1.165, 1.54) is 0 Å². The fraction of sp³-hybridized carbons (Fsp3) is 0.0769. The van der Waals surface area contributed by atoms with Crippen molar-refractivity contribution in [3.05, 3.63) is 46.5 Å². The van der Waals surface area contributed by atoms with Crippen molar-refractivity contribution >= 4 is 17.4 Å². The summed E-state index contributed by atoms with van der Waals surface area (Å²) in [7, 11) is 0. The van der Waals surface area contributed by atoms with E-state index in [0.29, 0.717) is 16.3 Å². The maximum atomic E-state index is 8.82. The number of aryl methyl sites for hydroxylation is 1. The van der Waals surface area contributed by atoms with Crippen LogP contribution in [0.15, 0.2) is 30.3 Å². The topological polar surface area (TPSA) is 62.7 Å². The van der Waals surface area contributed by atoms with E-state index in [9.17, 15) is 0 Å². The number of halogens is 1. The molecule has 2 N–H and O–H groups in total. The molecule has 0 radical (unpaired) electrons. The number of benzene rings is 1. The minimum Gasteiger partial charge on any atom is -0.383 e. The van der Waals surface area contributed by atoms with E-state index in [4.69, 9.17) is 22.6 Å². The molecule has 84 valence electrons. The normalized spacial score (nSPS) is 9.94. The molecule has 2 rings (SSSR count). The van der Waals surface area contributed by atoms with Gasteiger partial charge in [0, 0.05) is 5.56 Å². The summed E-state index contributed by atoms with van der Waals surface area (Å²) < 4.78 is 0. The number of hydrogen-bond donors (Lipinski definition) is 1. The Balaban J connectivity index is 2.61. The van der Waals surface area contributed by atoms with E-state index in [1.807, 2.05) is 37.3 Å². The van der Waals surface area contributed by atoms with E-state index in [1.54, 1.807) is 6.07 Å². The van der Waals surface area contributed by atoms with Crippen LogP contribution in [0.3, 0.4) is 0 Å². The zero-order chi connectivity index (χ0) is 12.4. The van der Waals surface area contributed by atoms with Crippen molar-refractivity contribution < 1.29 is 0 Å². The highest BCUT2D eigenvalue weighted by Gasteiger charge is 2.10. The van der Waals surface area contributed by atoms with Gasteiger partial charge in [-0.15, -0.1) is 0 Å². The lowest BCUT2D eigenvalue weighted by molar-refractivity contribution is 1.30. The highest BCUT2D eigenvalue weighted by Crippen LogP contribution is 2.29. The Labute approximate surface area is 104 Å². The SMILES string of the molecule is Cc1cccc(-c2nc(N)c(C#N)cc2Cl)c1. The molecule has 0 amide bonds. The fourth-order valence-electron chi connectivity index (χ4n) is 1.59. The van der Waals surface area contributed by atoms with Crippen LogP contribution < -0.4 is 5.73 Å². The predicted octanol–water partition coefficient (Wildman–Crippen LogP) is 3.16. The number of nitriles is 1. The Hall–Kier alpha value is -2.05. The first-order chi connectivity index (χ1) is 8.11. The van der Waals surface area contributed by atoms with Crippen molar-refractivity contribution in [2.45, 2.75) is 6.92 Å². The molecular formula is C13H10ClN3. The Kier molecular flexibility index (Phi) is 2.99. The smallest absolute Gasteiger partial charge is 0.142 e. The minimum absolute atomic E-state index is 0.202. The van der Waals surface area contributed by atoms with Crippen molar-refractivity contribution in [2.24, 2.45) is 0 Å². The number of rotatable bonds is 1. The van der Waals surface area contributed by atoms with Crippen molar-refractivity contribution in [1.82, 2.24) is 4.98 Å². The Morgan fingerprint density at radius 3 is 2.76 bits per heavy atom. The summed E-state index contributed by atoms with van der Waals surface area (Å²) in [5.41, 5.74) is 8.59. The lowest BCUT2D eigenvalue weighted by Gasteiger charge is -2.06. The molecule has 0 bridgehead atoms. The fourth-order valence-corrected chi connectivity index (χ4v) is 1.85. The van der Waals surface area contributed by atoms with Gasteiger partial charge in [-0.3, -0.25) is 0 Å². The van der Waals surface area contributed by atoms with Crippen LogP contribution in [0.4, 0.5) is 5.82 Å². The molecule has 1 aromatic carbocycles. The number of pyridine rings is 1. The van der Waals surface area contributed by atoms with Gasteiger partial charge in [0.2, 0.25) is 0 Å². The minimum atomic E-state index is 0.202. The Morgan fingerprint density at radius 2 is 2.12 bits per heavy atom. The number of hydrogen-bond acceptors (Lipinski definition) is 3. The Bertz CT molecular complexity index is 615. The third kappa shape index (κ3) is 2.22. The van der Waals surface area contributed by atoms with Gasteiger partial charge >= 0.3 is 0 Å². The molecule has 1 heterocycles. The number of nitrogens with two attached hydrogens (primary N) is 1. The molecule has 17 heavy (non-hydrogen) atoms. The zero-order valence-electron chi connectivity index (χ0n) is 9.24. The van der Waals surface area contributed by atoms with E-state index in [-0.39, 0.29) is 5.82 Å². The number of aromatic nitrogens is 1. The van der Waals surface area contributed by atoms with Gasteiger partial charge in [-0.1, -0.05) is 35.4 Å². The molecule has 0 fully saturated rings. The molecule has 3 nitrogen and oxygen atoms in total. The zero-order valence-corrected chi connectivity index (χ0v) is 9.99. The molecular weight excluding hydrogens is 234 g/mol. The second-order valence-electron chi connectivity index (χ2n) is 3.73. The van der Waals surface area contributed by atoms with Crippen LogP contribution in [0.1, 0.15) is 11.1 Å². The molecule has 0 saturated carbocycles. The van der Waals surface area contributed by atoms with Crippen LogP contribution in [0.25, 0.3) is 11.3 Å². The van der Waals surface area contributed by atoms with Gasteiger partial charge < -0.3 is 5.73 Å². The summed E-state index contributed by atoms with van der Waals surface area (Å²) in [5, 5.41) is 9.25. The quantitative estimate of drug-likeness (QED) is 0.837. The summed E-state index contributed by atoms with van der Waals surface area (Å²) in [4.78, 5) is 4.18. The molecule has 4 heteroatoms. The first kappa shape index (κ1) is 11.4. The first-order valence-corrected chi connectivity index (χ1v) is 5.43. The monoisotopic (exact) mass is 243 g/mol. The third-order valence-electron chi connectivity index (χ3n) is 2.42. The molecule has 0 aliphatic carbocycles. The van der Waals surface area contributed by atoms with Gasteiger partial charge in [0.25, 0.3) is 0 Å². The van der Waals surface area contributed by atoms with Crippen molar-refractivity contribution in [3.8, 4) is 17.3 Å². The van der Waals surface area contributed by atoms with Gasteiger partial charge in [-0.05, 0) is 19.1 Å². The molecule has 2 aromatic rings. The second kappa shape index (κ2) is 4.44.